The Hall–Kier alpha value is 0.310. The summed E-state index contributed by atoms with van der Waals surface area (Å²) in [6.07, 6.45) is 0. The summed E-state index contributed by atoms with van der Waals surface area (Å²) in [5.41, 5.74) is 0. The lowest BCUT2D eigenvalue weighted by Gasteiger charge is -1.89. The van der Waals surface area contributed by atoms with Crippen LogP contribution in [-0.2, 0) is 13.6 Å². The number of hydrogen-bond acceptors (Lipinski definition) is 3. The van der Waals surface area contributed by atoms with Gasteiger partial charge in [0.15, 0.2) is 0 Å². The quantitative estimate of drug-likeness (QED) is 0.444. The van der Waals surface area contributed by atoms with E-state index >= 15 is 0 Å². The number of hydrogen-bond donors (Lipinski definition) is 0. The lowest BCUT2D eigenvalue weighted by Crippen LogP contribution is -1.73. The minimum Gasteiger partial charge on any atom is -0.286 e. The molecule has 0 aliphatic heterocycles. The van der Waals surface area contributed by atoms with E-state index in [4.69, 9.17) is 11.6 Å². The van der Waals surface area contributed by atoms with Gasteiger partial charge >= 0.3 is 8.25 Å². The molecule has 1 atom stereocenters. The van der Waals surface area contributed by atoms with Crippen molar-refractivity contribution in [2.45, 2.75) is 0 Å². The van der Waals surface area contributed by atoms with Crippen LogP contribution in [0, 0.1) is 0 Å². The fourth-order valence-electron chi connectivity index (χ4n) is 0.0925. The highest BCUT2D eigenvalue weighted by Crippen LogP contribution is 2.21. The third-order valence-corrected chi connectivity index (χ3v) is 1.20. The normalized spacial score (nSPS) is 11.4. The lowest BCUT2D eigenvalue weighted by molar-refractivity contribution is 0.291. The molecule has 0 amide bonds. The standard InChI is InChI=1S/C2H5ClO3P/c1-5-7(4)6-2-3/h2H2,1H3. The zero-order chi connectivity index (χ0) is 5.70. The molecule has 0 heterocycles. The second kappa shape index (κ2) is 4.47. The third kappa shape index (κ3) is 4.16. The first-order valence-electron chi connectivity index (χ1n) is 1.51. The second-order valence-electron chi connectivity index (χ2n) is 0.644. The van der Waals surface area contributed by atoms with Gasteiger partial charge < -0.3 is 0 Å². The molecule has 0 saturated carbocycles. The van der Waals surface area contributed by atoms with E-state index in [1.807, 2.05) is 0 Å². The minimum absolute atomic E-state index is 0.0942. The van der Waals surface area contributed by atoms with Crippen LogP contribution in [0.3, 0.4) is 0 Å². The molecule has 0 aromatic carbocycles. The van der Waals surface area contributed by atoms with Gasteiger partial charge in [-0.25, -0.2) is 4.57 Å². The van der Waals surface area contributed by atoms with Gasteiger partial charge in [0.05, 0.1) is 7.11 Å². The molecule has 1 radical (unpaired) electrons. The Morgan fingerprint density at radius 3 is 2.57 bits per heavy atom. The Balaban J connectivity index is 3.00. The molecule has 0 fully saturated rings. The van der Waals surface area contributed by atoms with Crippen molar-refractivity contribution in [1.29, 1.82) is 0 Å². The highest BCUT2D eigenvalue weighted by molar-refractivity contribution is 7.33. The Morgan fingerprint density at radius 2 is 2.43 bits per heavy atom. The van der Waals surface area contributed by atoms with Crippen LogP contribution >= 0.6 is 19.9 Å². The fraction of sp³-hybridized carbons (Fsp3) is 1.00. The van der Waals surface area contributed by atoms with Crippen molar-refractivity contribution in [2.24, 2.45) is 0 Å². The molecule has 0 spiro atoms. The van der Waals surface area contributed by atoms with Crippen molar-refractivity contribution in [3.63, 3.8) is 0 Å². The van der Waals surface area contributed by atoms with Crippen molar-refractivity contribution >= 4 is 19.9 Å². The van der Waals surface area contributed by atoms with Gasteiger partial charge in [-0.1, -0.05) is 11.6 Å². The summed E-state index contributed by atoms with van der Waals surface area (Å²) in [6.45, 7) is 0. The van der Waals surface area contributed by atoms with Crippen molar-refractivity contribution in [3.05, 3.63) is 0 Å². The van der Waals surface area contributed by atoms with Crippen LogP contribution in [0.4, 0.5) is 0 Å². The molecule has 7 heavy (non-hydrogen) atoms. The van der Waals surface area contributed by atoms with E-state index in [1.54, 1.807) is 0 Å². The van der Waals surface area contributed by atoms with Gasteiger partial charge in [0.25, 0.3) is 0 Å². The monoisotopic (exact) mass is 143 g/mol. The second-order valence-corrected chi connectivity index (χ2v) is 1.93. The lowest BCUT2D eigenvalue weighted by atomic mass is 11.7. The molecule has 0 rings (SSSR count). The summed E-state index contributed by atoms with van der Waals surface area (Å²) in [5.74, 6) is 0. The number of halogens is 1. The predicted octanol–water partition coefficient (Wildman–Crippen LogP) is 1.50. The van der Waals surface area contributed by atoms with Crippen LogP contribution in [0.15, 0.2) is 0 Å². The molecule has 1 unspecified atom stereocenters. The average molecular weight is 143 g/mol. The average Bonchev–Trinajstić information content (AvgIpc) is 1.68. The Morgan fingerprint density at radius 1 is 1.86 bits per heavy atom. The zero-order valence-corrected chi connectivity index (χ0v) is 5.41. The van der Waals surface area contributed by atoms with Crippen LogP contribution in [-0.4, -0.2) is 13.2 Å². The molecule has 0 aromatic heterocycles. The van der Waals surface area contributed by atoms with E-state index in [2.05, 4.69) is 9.05 Å². The number of alkyl halides is 1. The molecule has 3 nitrogen and oxygen atoms in total. The van der Waals surface area contributed by atoms with E-state index in [0.717, 1.165) is 0 Å². The predicted molar refractivity (Wildman–Crippen MR) is 26.4 cm³/mol. The Bertz CT molecular complexity index is 66.0. The van der Waals surface area contributed by atoms with E-state index in [9.17, 15) is 4.57 Å². The van der Waals surface area contributed by atoms with Crippen LogP contribution < -0.4 is 0 Å². The number of rotatable bonds is 3. The molecule has 0 aromatic rings. The third-order valence-electron chi connectivity index (χ3n) is 0.303. The topological polar surface area (TPSA) is 35.5 Å². The maximum atomic E-state index is 10.0. The fourth-order valence-corrected chi connectivity index (χ4v) is 0.517. The summed E-state index contributed by atoms with van der Waals surface area (Å²) >= 11 is 4.99. The smallest absolute Gasteiger partial charge is 0.286 e. The zero-order valence-electron chi connectivity index (χ0n) is 3.76. The maximum absolute atomic E-state index is 10.0. The molecular formula is C2H5ClO3P. The first kappa shape index (κ1) is 7.31. The summed E-state index contributed by atoms with van der Waals surface area (Å²) in [6, 6.07) is -0.0942. The van der Waals surface area contributed by atoms with Crippen molar-refractivity contribution in [1.82, 2.24) is 0 Å². The molecule has 0 N–H and O–H groups in total. The van der Waals surface area contributed by atoms with Gasteiger partial charge in [0.2, 0.25) is 0 Å². The van der Waals surface area contributed by atoms with E-state index in [0.29, 0.717) is 0 Å². The van der Waals surface area contributed by atoms with Crippen LogP contribution in [0.5, 0.6) is 0 Å². The first-order valence-corrected chi connectivity index (χ1v) is 3.14. The van der Waals surface area contributed by atoms with Gasteiger partial charge in [-0.3, -0.25) is 9.05 Å². The molecule has 0 aliphatic rings. The van der Waals surface area contributed by atoms with E-state index in [-0.39, 0.29) is 6.07 Å². The van der Waals surface area contributed by atoms with E-state index < -0.39 is 8.25 Å². The van der Waals surface area contributed by atoms with Crippen molar-refractivity contribution < 1.29 is 13.6 Å². The van der Waals surface area contributed by atoms with Gasteiger partial charge in [0.1, 0.15) is 6.07 Å². The molecule has 0 bridgehead atoms. The van der Waals surface area contributed by atoms with Crippen molar-refractivity contribution in [3.8, 4) is 0 Å². The molecule has 43 valence electrons. The Kier molecular flexibility index (Phi) is 4.67. The maximum Gasteiger partial charge on any atom is 0.369 e. The first-order chi connectivity index (χ1) is 3.31. The Labute approximate surface area is 47.5 Å². The summed E-state index contributed by atoms with van der Waals surface area (Å²) in [7, 11) is -0.677. The molecule has 5 heteroatoms. The van der Waals surface area contributed by atoms with Crippen molar-refractivity contribution in [2.75, 3.05) is 13.2 Å². The van der Waals surface area contributed by atoms with Gasteiger partial charge in [0, 0.05) is 0 Å². The SMILES string of the molecule is CO[P](=O)OCCl. The summed E-state index contributed by atoms with van der Waals surface area (Å²) in [5, 5.41) is 0. The highest BCUT2D eigenvalue weighted by atomic mass is 35.5. The summed E-state index contributed by atoms with van der Waals surface area (Å²) in [4.78, 5) is 0. The van der Waals surface area contributed by atoms with Gasteiger partial charge in [-0.2, -0.15) is 0 Å². The van der Waals surface area contributed by atoms with Gasteiger partial charge in [-0.15, -0.1) is 0 Å². The van der Waals surface area contributed by atoms with Gasteiger partial charge in [-0.05, 0) is 0 Å². The summed E-state index contributed by atoms with van der Waals surface area (Å²) < 4.78 is 18.5. The van der Waals surface area contributed by atoms with E-state index in [1.165, 1.54) is 7.11 Å². The minimum atomic E-state index is -1.96. The van der Waals surface area contributed by atoms with Crippen LogP contribution in [0.25, 0.3) is 0 Å². The molecular weight excluding hydrogens is 138 g/mol. The largest absolute Gasteiger partial charge is 0.369 e. The molecule has 0 aliphatic carbocycles. The highest BCUT2D eigenvalue weighted by Gasteiger charge is 1.92. The molecule has 0 saturated heterocycles. The van der Waals surface area contributed by atoms with Crippen LogP contribution in [0.1, 0.15) is 0 Å². The van der Waals surface area contributed by atoms with Crippen LogP contribution in [0.2, 0.25) is 0 Å².